The van der Waals surface area contributed by atoms with Gasteiger partial charge in [0.15, 0.2) is 0 Å². The number of carbonyl (C=O) groups is 3. The Balaban J connectivity index is 0.00000289. The quantitative estimate of drug-likeness (QED) is 0.510. The molecule has 162 valence electrons. The van der Waals surface area contributed by atoms with Gasteiger partial charge in [-0.3, -0.25) is 9.59 Å². The molecule has 2 atom stereocenters. The Kier molecular flexibility index (Phi) is 6.52. The second-order valence-electron chi connectivity index (χ2n) is 8.45. The van der Waals surface area contributed by atoms with Crippen LogP contribution < -0.4 is 34.9 Å². The van der Waals surface area contributed by atoms with Crippen LogP contribution in [0.15, 0.2) is 42.5 Å². The van der Waals surface area contributed by atoms with Crippen LogP contribution in [0.1, 0.15) is 34.8 Å². The number of alkyl halides is 2. The molecule has 1 saturated heterocycles. The summed E-state index contributed by atoms with van der Waals surface area (Å²) < 4.78 is 29.3. The summed E-state index contributed by atoms with van der Waals surface area (Å²) >= 11 is 0. The van der Waals surface area contributed by atoms with Crippen molar-refractivity contribution in [2.24, 2.45) is 5.41 Å². The standard InChI is InChI=1S/C23H21F2N2O4.Na/c1-22(2)10-18(21(30)31)27(12-22)19(28)11-26-20(29)13-7-8-17-15(9-13)14-5-3-4-6-16(14)23(17,24)25;/h3-9,18H,1,10-12H2,2H3,(H,26,29)(H,30,31);/q-1;+1/t18?,22-;/m1./s1. The summed E-state index contributed by atoms with van der Waals surface area (Å²) in [5, 5.41) is 11.8. The fourth-order valence-corrected chi connectivity index (χ4v) is 4.32. The van der Waals surface area contributed by atoms with E-state index in [9.17, 15) is 28.3 Å². The van der Waals surface area contributed by atoms with Gasteiger partial charge >= 0.3 is 35.5 Å². The van der Waals surface area contributed by atoms with Crippen LogP contribution in [0.5, 0.6) is 0 Å². The van der Waals surface area contributed by atoms with Gasteiger partial charge in [0, 0.05) is 16.7 Å². The number of amides is 2. The van der Waals surface area contributed by atoms with E-state index in [4.69, 9.17) is 0 Å². The molecule has 0 bridgehead atoms. The molecule has 1 unspecified atom stereocenters. The van der Waals surface area contributed by atoms with Gasteiger partial charge in [-0.15, -0.1) is 5.41 Å². The summed E-state index contributed by atoms with van der Waals surface area (Å²) in [4.78, 5) is 37.8. The molecule has 1 heterocycles. The maximum absolute atomic E-state index is 14.7. The first kappa shape index (κ1) is 24.4. The van der Waals surface area contributed by atoms with Gasteiger partial charge in [0.2, 0.25) is 5.91 Å². The second-order valence-corrected chi connectivity index (χ2v) is 8.45. The SMILES string of the molecule is [CH2-][C@@]1(C)CC(C(=O)O)N(C(=O)CNC(=O)c2ccc3c(c2)-c2ccccc2C3(F)F)C1.[Na+]. The summed E-state index contributed by atoms with van der Waals surface area (Å²) in [5.74, 6) is -5.40. The predicted molar refractivity (Wildman–Crippen MR) is 108 cm³/mol. The number of nitrogens with zero attached hydrogens (tertiary/aromatic N) is 1. The molecule has 0 saturated carbocycles. The number of carboxylic acid groups (broad SMARTS) is 1. The van der Waals surface area contributed by atoms with Gasteiger partial charge in [0.25, 0.3) is 11.8 Å². The first-order chi connectivity index (χ1) is 14.5. The van der Waals surface area contributed by atoms with Crippen LogP contribution in [-0.4, -0.2) is 46.9 Å². The molecule has 2 aliphatic rings. The van der Waals surface area contributed by atoms with Crippen LogP contribution in [0, 0.1) is 12.3 Å². The number of fused-ring (bicyclic) bond motifs is 3. The number of hydrogen-bond donors (Lipinski definition) is 2. The Hall–Kier alpha value is -2.29. The number of carbonyl (C=O) groups excluding carboxylic acids is 2. The third kappa shape index (κ3) is 4.19. The maximum atomic E-state index is 14.7. The van der Waals surface area contributed by atoms with Crippen LogP contribution >= 0.6 is 0 Å². The molecule has 9 heteroatoms. The van der Waals surface area contributed by atoms with Gasteiger partial charge in [0.05, 0.1) is 6.54 Å². The summed E-state index contributed by atoms with van der Waals surface area (Å²) in [6, 6.07) is 9.04. The Morgan fingerprint density at radius 2 is 1.81 bits per heavy atom. The number of likely N-dealkylation sites (tertiary alicyclic amines) is 1. The van der Waals surface area contributed by atoms with Crippen molar-refractivity contribution < 1.29 is 57.8 Å². The minimum atomic E-state index is -3.14. The summed E-state index contributed by atoms with van der Waals surface area (Å²) in [7, 11) is 0. The van der Waals surface area contributed by atoms with Crippen molar-refractivity contribution in [1.82, 2.24) is 10.2 Å². The van der Waals surface area contributed by atoms with Crippen LogP contribution in [-0.2, 0) is 15.5 Å². The van der Waals surface area contributed by atoms with Crippen molar-refractivity contribution in [1.29, 1.82) is 0 Å². The van der Waals surface area contributed by atoms with Crippen LogP contribution in [0.25, 0.3) is 11.1 Å². The molecule has 1 aliphatic heterocycles. The molecule has 2 aromatic carbocycles. The summed E-state index contributed by atoms with van der Waals surface area (Å²) in [5.41, 5.74) is -0.0824. The first-order valence-electron chi connectivity index (χ1n) is 9.79. The van der Waals surface area contributed by atoms with Crippen molar-refractivity contribution in [2.75, 3.05) is 13.1 Å². The minimum Gasteiger partial charge on any atom is -0.480 e. The third-order valence-corrected chi connectivity index (χ3v) is 5.80. The van der Waals surface area contributed by atoms with E-state index in [-0.39, 0.29) is 64.8 Å². The van der Waals surface area contributed by atoms with Gasteiger partial charge in [0.1, 0.15) is 6.04 Å². The van der Waals surface area contributed by atoms with E-state index < -0.39 is 41.7 Å². The van der Waals surface area contributed by atoms with Crippen molar-refractivity contribution in [3.05, 3.63) is 66.1 Å². The number of aliphatic carboxylic acids is 1. The molecule has 2 amide bonds. The van der Waals surface area contributed by atoms with E-state index in [1.165, 1.54) is 35.2 Å². The summed E-state index contributed by atoms with van der Waals surface area (Å²) in [6.45, 7) is 5.48. The Morgan fingerprint density at radius 3 is 2.50 bits per heavy atom. The second kappa shape index (κ2) is 8.57. The van der Waals surface area contributed by atoms with Gasteiger partial charge in [-0.1, -0.05) is 37.3 Å². The van der Waals surface area contributed by atoms with Gasteiger partial charge in [-0.05, 0) is 36.2 Å². The Bertz CT molecular complexity index is 1100. The average molecular weight is 450 g/mol. The molecule has 1 aliphatic carbocycles. The van der Waals surface area contributed by atoms with E-state index in [2.05, 4.69) is 12.2 Å². The van der Waals surface area contributed by atoms with E-state index in [1.807, 2.05) is 0 Å². The fourth-order valence-electron chi connectivity index (χ4n) is 4.32. The summed E-state index contributed by atoms with van der Waals surface area (Å²) in [6.07, 6.45) is 0.223. The predicted octanol–water partition coefficient (Wildman–Crippen LogP) is 0.0668. The number of hydrogen-bond acceptors (Lipinski definition) is 3. The molecule has 2 N–H and O–H groups in total. The van der Waals surface area contributed by atoms with Crippen molar-refractivity contribution in [3.8, 4) is 11.1 Å². The van der Waals surface area contributed by atoms with Crippen molar-refractivity contribution in [2.45, 2.75) is 25.3 Å². The molecule has 4 rings (SSSR count). The molecular weight excluding hydrogens is 429 g/mol. The molecule has 0 radical (unpaired) electrons. The Morgan fingerprint density at radius 1 is 1.16 bits per heavy atom. The van der Waals surface area contributed by atoms with Gasteiger partial charge in [-0.2, -0.15) is 8.78 Å². The minimum absolute atomic E-state index is 0. The fraction of sp³-hybridized carbons (Fsp3) is 0.304. The average Bonchev–Trinajstić information content (AvgIpc) is 3.17. The molecule has 1 fully saturated rings. The van der Waals surface area contributed by atoms with Crippen molar-refractivity contribution in [3.63, 3.8) is 0 Å². The monoisotopic (exact) mass is 450 g/mol. The van der Waals surface area contributed by atoms with E-state index in [1.54, 1.807) is 19.1 Å². The van der Waals surface area contributed by atoms with Crippen LogP contribution in [0.4, 0.5) is 8.78 Å². The zero-order valence-electron chi connectivity index (χ0n) is 17.8. The molecule has 6 nitrogen and oxygen atoms in total. The molecule has 2 aromatic rings. The molecule has 32 heavy (non-hydrogen) atoms. The number of benzene rings is 2. The Labute approximate surface area is 206 Å². The number of halogens is 2. The molecule has 0 aromatic heterocycles. The normalized spacial score (nSPS) is 22.5. The van der Waals surface area contributed by atoms with Crippen LogP contribution in [0.3, 0.4) is 0 Å². The van der Waals surface area contributed by atoms with Crippen molar-refractivity contribution >= 4 is 17.8 Å². The number of rotatable bonds is 4. The molecular formula is C23H21F2N2NaO4. The van der Waals surface area contributed by atoms with E-state index in [0.29, 0.717) is 5.56 Å². The van der Waals surface area contributed by atoms with Gasteiger partial charge in [-0.25, -0.2) is 4.79 Å². The maximum Gasteiger partial charge on any atom is 1.00 e. The third-order valence-electron chi connectivity index (χ3n) is 5.80. The van der Waals surface area contributed by atoms with Gasteiger partial charge < -0.3 is 22.2 Å². The van der Waals surface area contributed by atoms with Crippen LogP contribution in [0.2, 0.25) is 0 Å². The smallest absolute Gasteiger partial charge is 0.480 e. The zero-order valence-corrected chi connectivity index (χ0v) is 19.8. The van der Waals surface area contributed by atoms with E-state index >= 15 is 0 Å². The first-order valence-corrected chi connectivity index (χ1v) is 9.79. The number of carboxylic acids is 1. The van der Waals surface area contributed by atoms with E-state index in [0.717, 1.165) is 0 Å². The number of nitrogens with one attached hydrogen (secondary N) is 1. The largest absolute Gasteiger partial charge is 1.00 e. The zero-order chi connectivity index (χ0) is 22.6. The molecule has 0 spiro atoms. The topological polar surface area (TPSA) is 86.7 Å².